The molecule has 5 heteroatoms. The first-order valence-corrected chi connectivity index (χ1v) is 8.42. The third-order valence-electron chi connectivity index (χ3n) is 4.11. The maximum atomic E-state index is 9.93. The highest BCUT2D eigenvalue weighted by Gasteiger charge is 2.21. The number of hydrogen-bond acceptors (Lipinski definition) is 5. The molecule has 2 aromatic rings. The molecule has 0 fully saturated rings. The molecule has 5 nitrogen and oxygen atoms in total. The second-order valence-electron chi connectivity index (χ2n) is 6.03. The molecular formula is C20H23NO4. The number of aromatic hydroxyl groups is 1. The van der Waals surface area contributed by atoms with E-state index >= 15 is 0 Å². The summed E-state index contributed by atoms with van der Waals surface area (Å²) in [4.78, 5) is 4.46. The van der Waals surface area contributed by atoms with Crippen LogP contribution >= 0.6 is 0 Å². The first-order chi connectivity index (χ1) is 12.1. The van der Waals surface area contributed by atoms with Gasteiger partial charge in [0.05, 0.1) is 20.3 Å². The van der Waals surface area contributed by atoms with E-state index in [1.807, 2.05) is 13.0 Å². The summed E-state index contributed by atoms with van der Waals surface area (Å²) in [5, 5.41) is 9.93. The zero-order valence-electron chi connectivity index (χ0n) is 14.8. The molecule has 1 heterocycles. The van der Waals surface area contributed by atoms with Gasteiger partial charge in [-0.05, 0) is 44.2 Å². The monoisotopic (exact) mass is 341 g/mol. The minimum absolute atomic E-state index is 0.167. The molecule has 1 aliphatic rings. The van der Waals surface area contributed by atoms with Crippen molar-refractivity contribution in [2.45, 2.75) is 32.9 Å². The van der Waals surface area contributed by atoms with Gasteiger partial charge in [-0.25, -0.2) is 0 Å². The van der Waals surface area contributed by atoms with Gasteiger partial charge in [-0.1, -0.05) is 0 Å². The molecule has 0 aromatic heterocycles. The standard InChI is InChI=1S/C20H23NO4/c1-4-24-19-9-14-7-13(2)25-20(14)10-16(19)12-21-11-15-8-17(23-3)5-6-18(15)22/h5-6,8-11,13,22H,4,7,12H2,1-3H3/t13-/m1/s1. The number of hydrogen-bond donors (Lipinski definition) is 1. The third kappa shape index (κ3) is 3.87. The normalized spacial score (nSPS) is 15.9. The van der Waals surface area contributed by atoms with Gasteiger partial charge in [-0.15, -0.1) is 0 Å². The van der Waals surface area contributed by atoms with E-state index < -0.39 is 0 Å². The van der Waals surface area contributed by atoms with E-state index in [0.717, 1.165) is 23.5 Å². The summed E-state index contributed by atoms with van der Waals surface area (Å²) in [5.74, 6) is 2.59. The predicted octanol–water partition coefficient (Wildman–Crippen LogP) is 3.74. The van der Waals surface area contributed by atoms with Gasteiger partial charge >= 0.3 is 0 Å². The van der Waals surface area contributed by atoms with Crippen LogP contribution in [0, 0.1) is 0 Å². The van der Waals surface area contributed by atoms with Gasteiger partial charge in [-0.3, -0.25) is 4.99 Å². The molecule has 0 radical (unpaired) electrons. The number of phenolic OH excluding ortho intramolecular Hbond substituents is 1. The summed E-state index contributed by atoms with van der Waals surface area (Å²) in [6, 6.07) is 9.11. The quantitative estimate of drug-likeness (QED) is 0.813. The molecule has 0 saturated heterocycles. The van der Waals surface area contributed by atoms with E-state index in [1.54, 1.807) is 31.5 Å². The van der Waals surface area contributed by atoms with Crippen molar-refractivity contribution in [3.8, 4) is 23.0 Å². The second-order valence-corrected chi connectivity index (χ2v) is 6.03. The summed E-state index contributed by atoms with van der Waals surface area (Å²) < 4.78 is 16.8. The number of rotatable bonds is 6. The zero-order valence-corrected chi connectivity index (χ0v) is 14.8. The SMILES string of the molecule is CCOc1cc2c(cc1CN=Cc1cc(OC)ccc1O)O[C@H](C)C2. The largest absolute Gasteiger partial charge is 0.507 e. The highest BCUT2D eigenvalue weighted by Crippen LogP contribution is 2.35. The van der Waals surface area contributed by atoms with Crippen molar-refractivity contribution >= 4 is 6.21 Å². The molecule has 25 heavy (non-hydrogen) atoms. The van der Waals surface area contributed by atoms with Crippen LogP contribution in [0.4, 0.5) is 0 Å². The summed E-state index contributed by atoms with van der Waals surface area (Å²) in [6.45, 7) is 5.07. The number of aliphatic imine (C=N–C) groups is 1. The summed E-state index contributed by atoms with van der Waals surface area (Å²) in [7, 11) is 1.59. The predicted molar refractivity (Wildman–Crippen MR) is 97.4 cm³/mol. The Hall–Kier alpha value is -2.69. The Morgan fingerprint density at radius 3 is 2.92 bits per heavy atom. The summed E-state index contributed by atoms with van der Waals surface area (Å²) in [5.41, 5.74) is 2.76. The topological polar surface area (TPSA) is 60.3 Å². The van der Waals surface area contributed by atoms with Crippen molar-refractivity contribution in [2.24, 2.45) is 4.99 Å². The van der Waals surface area contributed by atoms with Crippen molar-refractivity contribution < 1.29 is 19.3 Å². The molecule has 0 spiro atoms. The number of nitrogens with zero attached hydrogens (tertiary/aromatic N) is 1. The highest BCUT2D eigenvalue weighted by molar-refractivity contribution is 5.84. The zero-order chi connectivity index (χ0) is 17.8. The van der Waals surface area contributed by atoms with Crippen LogP contribution < -0.4 is 14.2 Å². The minimum Gasteiger partial charge on any atom is -0.507 e. The Labute approximate surface area is 147 Å². The van der Waals surface area contributed by atoms with Crippen molar-refractivity contribution in [1.82, 2.24) is 0 Å². The fraction of sp³-hybridized carbons (Fsp3) is 0.350. The Balaban J connectivity index is 1.82. The van der Waals surface area contributed by atoms with Crippen molar-refractivity contribution in [3.05, 3.63) is 47.0 Å². The molecule has 0 amide bonds. The van der Waals surface area contributed by atoms with Crippen LogP contribution in [0.1, 0.15) is 30.5 Å². The number of methoxy groups -OCH3 is 1. The molecule has 0 saturated carbocycles. The Morgan fingerprint density at radius 1 is 1.32 bits per heavy atom. The van der Waals surface area contributed by atoms with Crippen LogP contribution in [-0.2, 0) is 13.0 Å². The smallest absolute Gasteiger partial charge is 0.124 e. The van der Waals surface area contributed by atoms with Crippen molar-refractivity contribution in [3.63, 3.8) is 0 Å². The van der Waals surface area contributed by atoms with Crippen LogP contribution in [0.5, 0.6) is 23.0 Å². The van der Waals surface area contributed by atoms with Gasteiger partial charge in [0, 0.05) is 29.3 Å². The number of fused-ring (bicyclic) bond motifs is 1. The molecule has 1 N–H and O–H groups in total. The lowest BCUT2D eigenvalue weighted by Gasteiger charge is -2.11. The lowest BCUT2D eigenvalue weighted by molar-refractivity contribution is 0.254. The first-order valence-electron chi connectivity index (χ1n) is 8.42. The summed E-state index contributed by atoms with van der Waals surface area (Å²) in [6.07, 6.45) is 2.73. The van der Waals surface area contributed by atoms with E-state index in [-0.39, 0.29) is 11.9 Å². The van der Waals surface area contributed by atoms with Gasteiger partial charge in [0.25, 0.3) is 0 Å². The van der Waals surface area contributed by atoms with E-state index in [1.165, 1.54) is 5.56 Å². The van der Waals surface area contributed by atoms with Gasteiger partial charge in [0.2, 0.25) is 0 Å². The van der Waals surface area contributed by atoms with Crippen LogP contribution in [0.3, 0.4) is 0 Å². The van der Waals surface area contributed by atoms with Gasteiger partial charge in [-0.2, -0.15) is 0 Å². The molecule has 3 rings (SSSR count). The number of phenols is 1. The number of benzene rings is 2. The lowest BCUT2D eigenvalue weighted by Crippen LogP contribution is -2.05. The average molecular weight is 341 g/mol. The fourth-order valence-electron chi connectivity index (χ4n) is 2.90. The molecule has 1 atom stereocenters. The van der Waals surface area contributed by atoms with E-state index in [2.05, 4.69) is 18.0 Å². The van der Waals surface area contributed by atoms with Crippen LogP contribution in [0.2, 0.25) is 0 Å². The van der Waals surface area contributed by atoms with Crippen LogP contribution in [0.15, 0.2) is 35.3 Å². The average Bonchev–Trinajstić information content (AvgIpc) is 2.96. The van der Waals surface area contributed by atoms with Crippen molar-refractivity contribution in [1.29, 1.82) is 0 Å². The van der Waals surface area contributed by atoms with E-state index in [4.69, 9.17) is 14.2 Å². The van der Waals surface area contributed by atoms with Crippen molar-refractivity contribution in [2.75, 3.05) is 13.7 Å². The van der Waals surface area contributed by atoms with Gasteiger partial charge < -0.3 is 19.3 Å². The Kier molecular flexibility index (Phi) is 5.12. The Morgan fingerprint density at radius 2 is 2.16 bits per heavy atom. The van der Waals surface area contributed by atoms with E-state index in [0.29, 0.717) is 24.5 Å². The molecular weight excluding hydrogens is 318 g/mol. The first kappa shape index (κ1) is 17.1. The molecule has 1 aliphatic heterocycles. The highest BCUT2D eigenvalue weighted by atomic mass is 16.5. The van der Waals surface area contributed by atoms with Crippen LogP contribution in [-0.4, -0.2) is 31.1 Å². The molecule has 132 valence electrons. The summed E-state index contributed by atoms with van der Waals surface area (Å²) >= 11 is 0. The second kappa shape index (κ2) is 7.47. The lowest BCUT2D eigenvalue weighted by atomic mass is 10.1. The van der Waals surface area contributed by atoms with E-state index in [9.17, 15) is 5.11 Å². The fourth-order valence-corrected chi connectivity index (χ4v) is 2.90. The Bertz CT molecular complexity index is 786. The van der Waals surface area contributed by atoms with Gasteiger partial charge in [0.1, 0.15) is 29.1 Å². The maximum Gasteiger partial charge on any atom is 0.124 e. The number of ether oxygens (including phenoxy) is 3. The molecule has 0 unspecified atom stereocenters. The molecule has 0 aliphatic carbocycles. The maximum absolute atomic E-state index is 9.93. The van der Waals surface area contributed by atoms with Crippen LogP contribution in [0.25, 0.3) is 0 Å². The minimum atomic E-state index is 0.167. The third-order valence-corrected chi connectivity index (χ3v) is 4.11. The molecule has 0 bridgehead atoms. The van der Waals surface area contributed by atoms with Gasteiger partial charge in [0.15, 0.2) is 0 Å². The molecule has 2 aromatic carbocycles.